The van der Waals surface area contributed by atoms with E-state index >= 15 is 0 Å². The van der Waals surface area contributed by atoms with Gasteiger partial charge in [0.05, 0.1) is 32.2 Å². The summed E-state index contributed by atoms with van der Waals surface area (Å²) in [6, 6.07) is 16.2. The van der Waals surface area contributed by atoms with Crippen LogP contribution < -0.4 is 20.2 Å². The van der Waals surface area contributed by atoms with Gasteiger partial charge in [-0.2, -0.15) is 0 Å². The third kappa shape index (κ3) is 3.87. The van der Waals surface area contributed by atoms with Crippen molar-refractivity contribution in [2.24, 2.45) is 0 Å². The molecule has 0 atom stereocenters. The van der Waals surface area contributed by atoms with E-state index in [4.69, 9.17) is 19.9 Å². The zero-order valence-electron chi connectivity index (χ0n) is 18.7. The predicted octanol–water partition coefficient (Wildman–Crippen LogP) is 4.44. The molecule has 1 aliphatic heterocycles. The van der Waals surface area contributed by atoms with Crippen LogP contribution in [0.5, 0.6) is 11.5 Å². The molecule has 2 heterocycles. The monoisotopic (exact) mass is 442 g/mol. The number of nitrogens with zero attached hydrogens (tertiary/aromatic N) is 3. The maximum Gasteiger partial charge on any atom is 0.168 e. The molecule has 7 heteroatoms. The number of hydrogen-bond acceptors (Lipinski definition) is 6. The van der Waals surface area contributed by atoms with Crippen LogP contribution in [0.15, 0.2) is 67.3 Å². The molecule has 0 fully saturated rings. The smallest absolute Gasteiger partial charge is 0.168 e. The summed E-state index contributed by atoms with van der Waals surface area (Å²) in [4.78, 5) is 4.58. The van der Waals surface area contributed by atoms with Gasteiger partial charge in [0.1, 0.15) is 12.9 Å². The molecule has 0 radical (unpaired) electrons. The Bertz CT molecular complexity index is 1310. The highest BCUT2D eigenvalue weighted by atomic mass is 16.5. The first-order valence-corrected chi connectivity index (χ1v) is 10.8. The Morgan fingerprint density at radius 2 is 1.88 bits per heavy atom. The van der Waals surface area contributed by atoms with E-state index in [1.807, 2.05) is 59.8 Å². The number of fused-ring (bicyclic) bond motifs is 2. The van der Waals surface area contributed by atoms with Crippen molar-refractivity contribution in [3.05, 3.63) is 78.4 Å². The third-order valence-electron chi connectivity index (χ3n) is 5.84. The highest BCUT2D eigenvalue weighted by molar-refractivity contribution is 6.02. The van der Waals surface area contributed by atoms with Gasteiger partial charge in [-0.3, -0.25) is 5.01 Å². The van der Waals surface area contributed by atoms with Crippen molar-refractivity contribution in [2.75, 3.05) is 38.2 Å². The van der Waals surface area contributed by atoms with Crippen LogP contribution >= 0.6 is 0 Å². The highest BCUT2D eigenvalue weighted by Gasteiger charge is 2.20. The third-order valence-corrected chi connectivity index (χ3v) is 5.84. The summed E-state index contributed by atoms with van der Waals surface area (Å²) >= 11 is 0. The lowest BCUT2D eigenvalue weighted by Gasteiger charge is -2.27. The molecule has 1 aliphatic rings. The van der Waals surface area contributed by atoms with Crippen molar-refractivity contribution in [2.45, 2.75) is 6.54 Å². The molecule has 0 bridgehead atoms. The molecule has 168 valence electrons. The molecule has 2 N–H and O–H groups in total. The van der Waals surface area contributed by atoms with E-state index in [0.29, 0.717) is 31.3 Å². The lowest BCUT2D eigenvalue weighted by atomic mass is 9.96. The summed E-state index contributed by atoms with van der Waals surface area (Å²) in [5.41, 5.74) is 11.5. The number of anilines is 1. The summed E-state index contributed by atoms with van der Waals surface area (Å²) in [5, 5.41) is 3.96. The molecule has 4 aromatic rings. The second kappa shape index (κ2) is 8.88. The van der Waals surface area contributed by atoms with Crippen molar-refractivity contribution in [1.29, 1.82) is 0 Å². The summed E-state index contributed by atoms with van der Waals surface area (Å²) in [7, 11) is 3.30. The van der Waals surface area contributed by atoms with Crippen molar-refractivity contribution in [1.82, 2.24) is 9.66 Å². The first-order valence-electron chi connectivity index (χ1n) is 10.8. The van der Waals surface area contributed by atoms with Crippen molar-refractivity contribution in [3.63, 3.8) is 0 Å². The number of methoxy groups -OCH3 is 2. The number of ether oxygens (including phenoxy) is 3. The number of benzene rings is 3. The normalized spacial score (nSPS) is 12.7. The maximum absolute atomic E-state index is 6.59. The van der Waals surface area contributed by atoms with Crippen LogP contribution in [0.1, 0.15) is 11.1 Å². The van der Waals surface area contributed by atoms with Gasteiger partial charge >= 0.3 is 0 Å². The number of nitrogens with two attached hydrogens (primary N) is 1. The van der Waals surface area contributed by atoms with Crippen molar-refractivity contribution < 1.29 is 14.2 Å². The average molecular weight is 443 g/mol. The van der Waals surface area contributed by atoms with E-state index < -0.39 is 0 Å². The standard InChI is InChI=1S/C26H26N4O3/c1-31-12-13-33-24-9-8-21-22(26(24)32-2)14-19-15-29(11-10-20(19)25(21)27)30-16-23(28-17-30)18-6-4-3-5-7-18/h3-11,14,16-17H,12-13,15,27H2,1-2H3. The number of rotatable bonds is 7. The second-order valence-electron chi connectivity index (χ2n) is 7.81. The topological polar surface area (TPSA) is 74.8 Å². The summed E-state index contributed by atoms with van der Waals surface area (Å²) in [6.07, 6.45) is 7.92. The van der Waals surface area contributed by atoms with Gasteiger partial charge < -0.3 is 19.9 Å². The first kappa shape index (κ1) is 20.9. The number of imidazole rings is 1. The molecule has 3 aromatic carbocycles. The number of hydrogen-bond donors (Lipinski definition) is 1. The molecule has 0 saturated carbocycles. The minimum Gasteiger partial charge on any atom is -0.492 e. The zero-order chi connectivity index (χ0) is 22.8. The van der Waals surface area contributed by atoms with Crippen LogP contribution in [0.4, 0.5) is 5.69 Å². The highest BCUT2D eigenvalue weighted by Crippen LogP contribution is 2.41. The van der Waals surface area contributed by atoms with Gasteiger partial charge in [-0.1, -0.05) is 30.3 Å². The fraction of sp³-hybridized carbons (Fsp3) is 0.192. The van der Waals surface area contributed by atoms with Gasteiger partial charge in [0, 0.05) is 40.9 Å². The number of aromatic nitrogens is 2. The van der Waals surface area contributed by atoms with Crippen LogP contribution in [-0.2, 0) is 11.3 Å². The largest absolute Gasteiger partial charge is 0.492 e. The molecule has 0 saturated heterocycles. The van der Waals surface area contributed by atoms with E-state index in [-0.39, 0.29) is 0 Å². The SMILES string of the molecule is COCCOc1ccc2c(N)c3c(cc2c1OC)CN(n1cnc(-c2ccccc2)c1)C=C3. The molecule has 0 unspecified atom stereocenters. The minimum absolute atomic E-state index is 0.444. The van der Waals surface area contributed by atoms with E-state index in [1.54, 1.807) is 14.2 Å². The Kier molecular flexibility index (Phi) is 5.62. The molecule has 33 heavy (non-hydrogen) atoms. The average Bonchev–Trinajstić information content (AvgIpc) is 3.35. The van der Waals surface area contributed by atoms with Gasteiger partial charge in [-0.15, -0.1) is 0 Å². The Balaban J connectivity index is 1.49. The Morgan fingerprint density at radius 1 is 1.03 bits per heavy atom. The van der Waals surface area contributed by atoms with Gasteiger partial charge in [-0.05, 0) is 29.8 Å². The summed E-state index contributed by atoms with van der Waals surface area (Å²) in [6.45, 7) is 1.59. The van der Waals surface area contributed by atoms with E-state index in [9.17, 15) is 0 Å². The molecule has 7 nitrogen and oxygen atoms in total. The molecular weight excluding hydrogens is 416 g/mol. The van der Waals surface area contributed by atoms with Crippen LogP contribution in [0.3, 0.4) is 0 Å². The first-order chi connectivity index (χ1) is 16.2. The lowest BCUT2D eigenvalue weighted by Crippen LogP contribution is -2.29. The molecular formula is C26H26N4O3. The summed E-state index contributed by atoms with van der Waals surface area (Å²) < 4.78 is 18.7. The zero-order valence-corrected chi connectivity index (χ0v) is 18.7. The van der Waals surface area contributed by atoms with Crippen molar-refractivity contribution >= 4 is 22.5 Å². The van der Waals surface area contributed by atoms with Crippen LogP contribution in [0.2, 0.25) is 0 Å². The van der Waals surface area contributed by atoms with Crippen molar-refractivity contribution in [3.8, 4) is 22.8 Å². The lowest BCUT2D eigenvalue weighted by molar-refractivity contribution is 0.144. The fourth-order valence-corrected chi connectivity index (χ4v) is 4.17. The molecule has 0 amide bonds. The van der Waals surface area contributed by atoms with Gasteiger partial charge in [0.2, 0.25) is 0 Å². The summed E-state index contributed by atoms with van der Waals surface area (Å²) in [5.74, 6) is 1.35. The van der Waals surface area contributed by atoms with Gasteiger partial charge in [-0.25, -0.2) is 9.66 Å². The Labute approximate surface area is 192 Å². The molecule has 0 aliphatic carbocycles. The predicted molar refractivity (Wildman–Crippen MR) is 131 cm³/mol. The molecule has 1 aromatic heterocycles. The van der Waals surface area contributed by atoms with Crippen LogP contribution in [0.25, 0.3) is 28.1 Å². The Morgan fingerprint density at radius 3 is 2.67 bits per heavy atom. The van der Waals surface area contributed by atoms with Crippen LogP contribution in [0, 0.1) is 0 Å². The van der Waals surface area contributed by atoms with E-state index in [0.717, 1.165) is 38.8 Å². The van der Waals surface area contributed by atoms with E-state index in [1.165, 1.54) is 0 Å². The van der Waals surface area contributed by atoms with Gasteiger partial charge in [0.25, 0.3) is 0 Å². The van der Waals surface area contributed by atoms with E-state index in [2.05, 4.69) is 28.2 Å². The fourth-order valence-electron chi connectivity index (χ4n) is 4.17. The van der Waals surface area contributed by atoms with Crippen LogP contribution in [-0.4, -0.2) is 37.1 Å². The maximum atomic E-state index is 6.59. The molecule has 5 rings (SSSR count). The Hall–Kier alpha value is -3.97. The van der Waals surface area contributed by atoms with Gasteiger partial charge in [0.15, 0.2) is 11.5 Å². The minimum atomic E-state index is 0.444. The number of nitrogen functional groups attached to an aromatic ring is 1. The molecule has 0 spiro atoms. The quantitative estimate of drug-likeness (QED) is 0.337. The second-order valence-corrected chi connectivity index (χ2v) is 7.81.